The molecule has 0 bridgehead atoms. The molecule has 0 saturated heterocycles. The maximum atomic E-state index is 10.7. The molecule has 0 amide bonds. The first-order valence-electron chi connectivity index (χ1n) is 18.0. The van der Waals surface area contributed by atoms with Gasteiger partial charge in [-0.2, -0.15) is 0 Å². The van der Waals surface area contributed by atoms with E-state index in [-0.39, 0.29) is 11.5 Å². The molecule has 7 aromatic carbocycles. The zero-order valence-electron chi connectivity index (χ0n) is 30.0. The summed E-state index contributed by atoms with van der Waals surface area (Å²) in [6.07, 6.45) is 20.4. The number of hydrogen-bond acceptors (Lipinski definition) is 2. The summed E-state index contributed by atoms with van der Waals surface area (Å²) in [5.41, 5.74) is 10.2. The highest BCUT2D eigenvalue weighted by molar-refractivity contribution is 5.88. The molecule has 54 heavy (non-hydrogen) atoms. The normalized spacial score (nSPS) is 11.5. The van der Waals surface area contributed by atoms with Crippen LogP contribution in [0.4, 0.5) is 0 Å². The Bertz CT molecular complexity index is 2350. The van der Waals surface area contributed by atoms with Crippen molar-refractivity contribution in [2.75, 3.05) is 0 Å². The van der Waals surface area contributed by atoms with E-state index in [1.807, 2.05) is 164 Å². The summed E-state index contributed by atoms with van der Waals surface area (Å²) in [6.45, 7) is 0. The molecule has 0 aliphatic carbocycles. The second kappa shape index (κ2) is 19.4. The van der Waals surface area contributed by atoms with Crippen molar-refractivity contribution in [3.8, 4) is 11.5 Å². The average molecular weight is 699 g/mol. The molecule has 0 atom stereocenters. The Labute approximate surface area is 319 Å². The zero-order chi connectivity index (χ0) is 37.2. The van der Waals surface area contributed by atoms with Gasteiger partial charge in [0.1, 0.15) is 11.5 Å². The van der Waals surface area contributed by atoms with Crippen molar-refractivity contribution in [3.05, 3.63) is 238 Å². The molecule has 7 aromatic rings. The van der Waals surface area contributed by atoms with Crippen LogP contribution < -0.4 is 0 Å². The van der Waals surface area contributed by atoms with Crippen LogP contribution in [-0.4, -0.2) is 10.2 Å². The van der Waals surface area contributed by atoms with Crippen LogP contribution in [0.2, 0.25) is 0 Å². The molecule has 0 aromatic heterocycles. The van der Waals surface area contributed by atoms with Gasteiger partial charge >= 0.3 is 0 Å². The van der Waals surface area contributed by atoms with E-state index in [9.17, 15) is 10.2 Å². The van der Waals surface area contributed by atoms with Crippen LogP contribution in [0, 0.1) is 0 Å². The van der Waals surface area contributed by atoms with E-state index in [2.05, 4.69) is 66.8 Å². The molecule has 0 aliphatic heterocycles. The van der Waals surface area contributed by atoms with E-state index in [4.69, 9.17) is 0 Å². The predicted octanol–water partition coefficient (Wildman–Crippen LogP) is 13.6. The van der Waals surface area contributed by atoms with Crippen molar-refractivity contribution in [3.63, 3.8) is 0 Å². The summed E-state index contributed by atoms with van der Waals surface area (Å²) in [6, 6.07) is 60.0. The van der Waals surface area contributed by atoms with Gasteiger partial charge in [0.05, 0.1) is 0 Å². The maximum Gasteiger partial charge on any atom is 0.123 e. The first kappa shape index (κ1) is 36.6. The Kier molecular flexibility index (Phi) is 13.2. The minimum absolute atomic E-state index is 0.261. The third-order valence-corrected chi connectivity index (χ3v) is 8.65. The molecule has 0 radical (unpaired) electrons. The van der Waals surface area contributed by atoms with E-state index in [1.165, 1.54) is 0 Å². The second-order valence-electron chi connectivity index (χ2n) is 12.5. The fourth-order valence-electron chi connectivity index (χ4n) is 5.78. The number of benzene rings is 7. The van der Waals surface area contributed by atoms with Crippen LogP contribution >= 0.6 is 0 Å². The fourth-order valence-corrected chi connectivity index (χ4v) is 5.78. The van der Waals surface area contributed by atoms with Gasteiger partial charge in [-0.15, -0.1) is 0 Å². The molecular formula is C52H42O2. The van der Waals surface area contributed by atoms with Gasteiger partial charge in [0.25, 0.3) is 0 Å². The summed E-state index contributed by atoms with van der Waals surface area (Å²) in [5, 5.41) is 20.8. The number of phenols is 2. The topological polar surface area (TPSA) is 40.5 Å². The first-order chi connectivity index (χ1) is 26.6. The lowest BCUT2D eigenvalue weighted by atomic mass is 9.96. The smallest absolute Gasteiger partial charge is 0.123 e. The van der Waals surface area contributed by atoms with Crippen LogP contribution in [0.1, 0.15) is 55.6 Å². The van der Waals surface area contributed by atoms with Crippen molar-refractivity contribution < 1.29 is 10.2 Å². The largest absolute Gasteiger partial charge is 0.507 e. The molecule has 2 nitrogen and oxygen atoms in total. The minimum Gasteiger partial charge on any atom is -0.507 e. The quantitative estimate of drug-likeness (QED) is 0.140. The third-order valence-electron chi connectivity index (χ3n) is 8.65. The van der Waals surface area contributed by atoms with Gasteiger partial charge in [0.2, 0.25) is 0 Å². The Morgan fingerprint density at radius 1 is 0.222 bits per heavy atom. The first-order valence-corrected chi connectivity index (χ1v) is 18.0. The number of rotatable bonds is 10. The number of aromatic hydroxyl groups is 2. The van der Waals surface area contributed by atoms with E-state index in [1.54, 1.807) is 12.1 Å². The van der Waals surface area contributed by atoms with Gasteiger partial charge < -0.3 is 10.2 Å². The lowest BCUT2D eigenvalue weighted by Gasteiger charge is -2.09. The van der Waals surface area contributed by atoms with Gasteiger partial charge in [-0.25, -0.2) is 0 Å². The SMILES string of the molecule is Oc1ccc(C=Cc2ccccc2)c(C=Cc2ccccc2)c1C=Cc1ccccc1.Oc1cccc(C=Cc2ccccc2)c1C=Cc1ccccc1. The van der Waals surface area contributed by atoms with E-state index < -0.39 is 0 Å². The minimum atomic E-state index is 0.261. The van der Waals surface area contributed by atoms with Crippen molar-refractivity contribution in [2.45, 2.75) is 0 Å². The van der Waals surface area contributed by atoms with Gasteiger partial charge in [-0.05, 0) is 56.6 Å². The molecule has 2 N–H and O–H groups in total. The molecule has 0 fully saturated rings. The molecule has 0 spiro atoms. The van der Waals surface area contributed by atoms with E-state index >= 15 is 0 Å². The highest BCUT2D eigenvalue weighted by Crippen LogP contribution is 2.30. The molecule has 2 heteroatoms. The lowest BCUT2D eigenvalue weighted by molar-refractivity contribution is 0.473. The van der Waals surface area contributed by atoms with E-state index in [0.717, 1.165) is 55.6 Å². The number of phenolic OH excluding ortho intramolecular Hbond substituents is 2. The molecule has 0 saturated carbocycles. The van der Waals surface area contributed by atoms with Crippen LogP contribution in [0.15, 0.2) is 182 Å². The zero-order valence-corrected chi connectivity index (χ0v) is 30.0. The lowest BCUT2D eigenvalue weighted by Crippen LogP contribution is -1.88. The fraction of sp³-hybridized carbons (Fsp3) is 0. The summed E-state index contributed by atoms with van der Waals surface area (Å²) >= 11 is 0. The van der Waals surface area contributed by atoms with E-state index in [0.29, 0.717) is 0 Å². The van der Waals surface area contributed by atoms with Crippen LogP contribution in [0.3, 0.4) is 0 Å². The number of hydrogen-bond donors (Lipinski definition) is 2. The monoisotopic (exact) mass is 698 g/mol. The average Bonchev–Trinajstić information content (AvgIpc) is 3.23. The Hall–Kier alpha value is -7.16. The van der Waals surface area contributed by atoms with Gasteiger partial charge in [-0.3, -0.25) is 0 Å². The van der Waals surface area contributed by atoms with Crippen LogP contribution in [0.25, 0.3) is 60.8 Å². The van der Waals surface area contributed by atoms with Crippen molar-refractivity contribution in [1.82, 2.24) is 0 Å². The molecule has 0 aliphatic rings. The van der Waals surface area contributed by atoms with Gasteiger partial charge in [0, 0.05) is 11.1 Å². The summed E-state index contributed by atoms with van der Waals surface area (Å²) in [5.74, 6) is 0.546. The highest BCUT2D eigenvalue weighted by atomic mass is 16.3. The van der Waals surface area contributed by atoms with Crippen molar-refractivity contribution in [1.29, 1.82) is 0 Å². The second-order valence-corrected chi connectivity index (χ2v) is 12.5. The highest BCUT2D eigenvalue weighted by Gasteiger charge is 2.08. The maximum absolute atomic E-state index is 10.7. The Morgan fingerprint density at radius 3 is 0.944 bits per heavy atom. The predicted molar refractivity (Wildman–Crippen MR) is 233 cm³/mol. The summed E-state index contributed by atoms with van der Waals surface area (Å²) in [4.78, 5) is 0. The molecule has 262 valence electrons. The van der Waals surface area contributed by atoms with Crippen molar-refractivity contribution in [2.24, 2.45) is 0 Å². The van der Waals surface area contributed by atoms with Crippen LogP contribution in [0.5, 0.6) is 11.5 Å². The molecular weight excluding hydrogens is 657 g/mol. The summed E-state index contributed by atoms with van der Waals surface area (Å²) < 4.78 is 0. The molecule has 0 heterocycles. The third kappa shape index (κ3) is 10.9. The Morgan fingerprint density at radius 2 is 0.537 bits per heavy atom. The van der Waals surface area contributed by atoms with Gasteiger partial charge in [0.15, 0.2) is 0 Å². The summed E-state index contributed by atoms with van der Waals surface area (Å²) in [7, 11) is 0. The molecule has 0 unspecified atom stereocenters. The van der Waals surface area contributed by atoms with Crippen LogP contribution in [-0.2, 0) is 0 Å². The standard InChI is InChI=1S/C30H24O.C22H18O/c31-30-23-20-27(19-16-24-10-4-1-5-11-24)28(21-17-25-12-6-2-7-13-25)29(30)22-18-26-14-8-3-9-15-26;23-22-13-7-12-20(16-14-18-8-3-1-4-9-18)21(22)17-15-19-10-5-2-6-11-19/h1-23,31H;1-17,23H. The Balaban J connectivity index is 0.000000193. The molecule has 7 rings (SSSR count). The van der Waals surface area contributed by atoms with Gasteiger partial charge in [-0.1, -0.05) is 231 Å². The van der Waals surface area contributed by atoms with Crippen molar-refractivity contribution >= 4 is 60.8 Å².